The van der Waals surface area contributed by atoms with Crippen molar-refractivity contribution >= 4 is 11.6 Å². The average Bonchev–Trinajstić information content (AvgIpc) is 3.08. The lowest BCUT2D eigenvalue weighted by Crippen LogP contribution is -2.29. The molecule has 0 fully saturated rings. The van der Waals surface area contributed by atoms with Gasteiger partial charge < -0.3 is 14.7 Å². The van der Waals surface area contributed by atoms with E-state index in [0.29, 0.717) is 12.3 Å². The van der Waals surface area contributed by atoms with E-state index in [-0.39, 0.29) is 17.7 Å². The van der Waals surface area contributed by atoms with Gasteiger partial charge in [0.25, 0.3) is 5.91 Å². The summed E-state index contributed by atoms with van der Waals surface area (Å²) in [6.45, 7) is 3.77. The van der Waals surface area contributed by atoms with Crippen molar-refractivity contribution in [2.75, 3.05) is 13.2 Å². The lowest BCUT2D eigenvalue weighted by atomic mass is 10.1. The van der Waals surface area contributed by atoms with Crippen LogP contribution in [0.15, 0.2) is 27.9 Å². The molecule has 0 aliphatic rings. The molecule has 0 bridgehead atoms. The second-order valence-corrected chi connectivity index (χ2v) is 5.04. The van der Waals surface area contributed by atoms with Gasteiger partial charge in [-0.15, -0.1) is 0 Å². The van der Waals surface area contributed by atoms with Crippen LogP contribution in [0.2, 0.25) is 0 Å². The Balaban J connectivity index is 2.12. The largest absolute Gasteiger partial charge is 0.471 e. The molecule has 0 unspecified atom stereocenters. The van der Waals surface area contributed by atoms with Crippen LogP contribution < -0.4 is 5.32 Å². The number of halogens is 4. The van der Waals surface area contributed by atoms with Crippen LogP contribution in [-0.4, -0.2) is 34.9 Å². The van der Waals surface area contributed by atoms with Gasteiger partial charge in [0.2, 0.25) is 5.82 Å². The minimum atomic E-state index is -4.80. The number of benzene rings is 1. The molecule has 7 nitrogen and oxygen atoms in total. The molecule has 2 aromatic rings. The fraction of sp³-hybridized carbons (Fsp3) is 0.333. The number of nitrogens with one attached hydrogen (secondary N) is 1. The van der Waals surface area contributed by atoms with Crippen LogP contribution in [0, 0.1) is 5.82 Å². The van der Waals surface area contributed by atoms with E-state index in [0.717, 1.165) is 12.1 Å². The smallest absolute Gasteiger partial charge is 0.396 e. The molecule has 26 heavy (non-hydrogen) atoms. The number of oxime groups is 1. The fourth-order valence-corrected chi connectivity index (χ4v) is 1.80. The first-order chi connectivity index (χ1) is 12.2. The van der Waals surface area contributed by atoms with Crippen molar-refractivity contribution in [1.29, 1.82) is 0 Å². The molecule has 0 radical (unpaired) electrons. The van der Waals surface area contributed by atoms with Crippen molar-refractivity contribution in [2.24, 2.45) is 5.16 Å². The third-order valence-electron chi connectivity index (χ3n) is 2.99. The Labute approximate surface area is 145 Å². The third kappa shape index (κ3) is 4.77. The maximum absolute atomic E-state index is 14.1. The zero-order valence-electron chi connectivity index (χ0n) is 13.7. The van der Waals surface area contributed by atoms with E-state index in [1.807, 2.05) is 0 Å². The predicted octanol–water partition coefficient (Wildman–Crippen LogP) is 3.04. The SMILES string of the molecule is CCO/N=C(/C)CNC(=O)c1ccc(-c2noc(C(F)(F)F)n2)cc1F. The molecular weight excluding hydrogens is 360 g/mol. The molecule has 1 aromatic heterocycles. The highest BCUT2D eigenvalue weighted by molar-refractivity contribution is 5.97. The highest BCUT2D eigenvalue weighted by Gasteiger charge is 2.38. The molecule has 11 heteroatoms. The topological polar surface area (TPSA) is 89.6 Å². The molecule has 0 aliphatic carbocycles. The number of rotatable bonds is 6. The summed E-state index contributed by atoms with van der Waals surface area (Å²) in [6.07, 6.45) is -4.80. The van der Waals surface area contributed by atoms with Crippen LogP contribution in [-0.2, 0) is 11.0 Å². The van der Waals surface area contributed by atoms with E-state index in [9.17, 15) is 22.4 Å². The Morgan fingerprint density at radius 3 is 2.69 bits per heavy atom. The van der Waals surface area contributed by atoms with Crippen molar-refractivity contribution < 1.29 is 31.7 Å². The summed E-state index contributed by atoms with van der Waals surface area (Å²) in [5.74, 6) is -3.65. The van der Waals surface area contributed by atoms with Crippen molar-refractivity contribution in [3.63, 3.8) is 0 Å². The molecule has 2 rings (SSSR count). The van der Waals surface area contributed by atoms with Gasteiger partial charge >= 0.3 is 12.1 Å². The maximum atomic E-state index is 14.1. The minimum absolute atomic E-state index is 0.0415. The van der Waals surface area contributed by atoms with E-state index in [1.54, 1.807) is 13.8 Å². The molecule has 0 aliphatic heterocycles. The summed E-state index contributed by atoms with van der Waals surface area (Å²) in [5, 5.41) is 9.29. The van der Waals surface area contributed by atoms with Gasteiger partial charge in [0, 0.05) is 5.56 Å². The van der Waals surface area contributed by atoms with E-state index < -0.39 is 29.6 Å². The summed E-state index contributed by atoms with van der Waals surface area (Å²) in [4.78, 5) is 19.9. The van der Waals surface area contributed by atoms with Crippen molar-refractivity contribution in [2.45, 2.75) is 20.0 Å². The number of carbonyl (C=O) groups excluding carboxylic acids is 1. The summed E-state index contributed by atoms with van der Waals surface area (Å²) in [7, 11) is 0. The van der Waals surface area contributed by atoms with Gasteiger partial charge in [-0.25, -0.2) is 4.39 Å². The van der Waals surface area contributed by atoms with Gasteiger partial charge in [0.1, 0.15) is 12.4 Å². The maximum Gasteiger partial charge on any atom is 0.471 e. The number of alkyl halides is 3. The molecule has 0 atom stereocenters. The average molecular weight is 374 g/mol. The number of hydrogen-bond acceptors (Lipinski definition) is 6. The Morgan fingerprint density at radius 2 is 2.12 bits per heavy atom. The summed E-state index contributed by atoms with van der Waals surface area (Å²) >= 11 is 0. The van der Waals surface area contributed by atoms with Gasteiger partial charge in [0.15, 0.2) is 0 Å². The predicted molar refractivity (Wildman–Crippen MR) is 81.8 cm³/mol. The molecule has 0 saturated heterocycles. The first-order valence-electron chi connectivity index (χ1n) is 7.36. The summed E-state index contributed by atoms with van der Waals surface area (Å²) < 4.78 is 55.6. The van der Waals surface area contributed by atoms with E-state index in [4.69, 9.17) is 4.84 Å². The van der Waals surface area contributed by atoms with Crippen LogP contribution in [0.25, 0.3) is 11.4 Å². The van der Waals surface area contributed by atoms with Crippen LogP contribution in [0.3, 0.4) is 0 Å². The quantitative estimate of drug-likeness (QED) is 0.477. The standard InChI is InChI=1S/C15H14F4N4O3/c1-3-25-22-8(2)7-20-13(24)10-5-4-9(6-11(10)16)12-21-14(26-23-12)15(17,18)19/h4-6H,3,7H2,1-2H3,(H,20,24)/b22-8-. The number of aromatic nitrogens is 2. The monoisotopic (exact) mass is 374 g/mol. The van der Waals surface area contributed by atoms with Crippen LogP contribution in [0.4, 0.5) is 17.6 Å². The normalized spacial score (nSPS) is 12.2. The van der Waals surface area contributed by atoms with Gasteiger partial charge in [-0.2, -0.15) is 18.2 Å². The van der Waals surface area contributed by atoms with Crippen molar-refractivity contribution in [3.05, 3.63) is 35.5 Å². The second kappa shape index (κ2) is 7.93. The highest BCUT2D eigenvalue weighted by Crippen LogP contribution is 2.29. The van der Waals surface area contributed by atoms with Gasteiger partial charge in [-0.05, 0) is 26.0 Å². The first-order valence-corrected chi connectivity index (χ1v) is 7.36. The number of hydrogen-bond donors (Lipinski definition) is 1. The second-order valence-electron chi connectivity index (χ2n) is 5.04. The molecule has 1 N–H and O–H groups in total. The number of nitrogens with zero attached hydrogens (tertiary/aromatic N) is 3. The summed E-state index contributed by atoms with van der Waals surface area (Å²) in [5.41, 5.74) is 0.119. The first kappa shape index (κ1) is 19.3. The molecule has 140 valence electrons. The Morgan fingerprint density at radius 1 is 1.38 bits per heavy atom. The van der Waals surface area contributed by atoms with Gasteiger partial charge in [0.05, 0.1) is 17.8 Å². The molecule has 0 spiro atoms. The van der Waals surface area contributed by atoms with E-state index in [1.165, 1.54) is 6.07 Å². The third-order valence-corrected chi connectivity index (χ3v) is 2.99. The number of amides is 1. The Bertz CT molecular complexity index is 817. The lowest BCUT2D eigenvalue weighted by molar-refractivity contribution is -0.159. The van der Waals surface area contributed by atoms with Crippen LogP contribution >= 0.6 is 0 Å². The summed E-state index contributed by atoms with van der Waals surface area (Å²) in [6, 6.07) is 3.17. The molecular formula is C15H14F4N4O3. The van der Waals surface area contributed by atoms with Crippen LogP contribution in [0.5, 0.6) is 0 Å². The number of carbonyl (C=O) groups is 1. The van der Waals surface area contributed by atoms with E-state index in [2.05, 4.69) is 25.1 Å². The zero-order chi connectivity index (χ0) is 19.3. The van der Waals surface area contributed by atoms with Gasteiger partial charge in [-0.3, -0.25) is 4.79 Å². The van der Waals surface area contributed by atoms with Crippen molar-refractivity contribution in [3.8, 4) is 11.4 Å². The Kier molecular flexibility index (Phi) is 5.90. The van der Waals surface area contributed by atoms with Crippen molar-refractivity contribution in [1.82, 2.24) is 15.5 Å². The van der Waals surface area contributed by atoms with E-state index >= 15 is 0 Å². The molecule has 1 aromatic carbocycles. The fourth-order valence-electron chi connectivity index (χ4n) is 1.80. The molecule has 1 amide bonds. The van der Waals surface area contributed by atoms with Crippen LogP contribution in [0.1, 0.15) is 30.1 Å². The van der Waals surface area contributed by atoms with Gasteiger partial charge in [-0.1, -0.05) is 16.4 Å². The molecule has 1 heterocycles. The highest BCUT2D eigenvalue weighted by atomic mass is 19.4. The Hall–Kier alpha value is -2.98. The minimum Gasteiger partial charge on any atom is -0.396 e. The zero-order valence-corrected chi connectivity index (χ0v) is 13.7. The molecule has 0 saturated carbocycles. The lowest BCUT2D eigenvalue weighted by Gasteiger charge is -2.06.